The molecule has 1 N–H and O–H groups in total. The Morgan fingerprint density at radius 1 is 1.10 bits per heavy atom. The number of nitrogens with one attached hydrogen (secondary N) is 1. The van der Waals surface area contributed by atoms with Crippen LogP contribution in [0.2, 0.25) is 0 Å². The Labute approximate surface area is 120 Å². The maximum Gasteiger partial charge on any atom is 0.0746 e. The van der Waals surface area contributed by atoms with Gasteiger partial charge < -0.3 is 5.32 Å². The van der Waals surface area contributed by atoms with Gasteiger partial charge in [0.25, 0.3) is 0 Å². The van der Waals surface area contributed by atoms with E-state index < -0.39 is 0 Å². The van der Waals surface area contributed by atoms with Crippen LogP contribution in [0, 0.1) is 17.8 Å². The van der Waals surface area contributed by atoms with Crippen LogP contribution in [0.1, 0.15) is 31.2 Å². The van der Waals surface area contributed by atoms with E-state index in [4.69, 9.17) is 0 Å². The highest BCUT2D eigenvalue weighted by Crippen LogP contribution is 2.47. The maximum absolute atomic E-state index is 4.53. The summed E-state index contributed by atoms with van der Waals surface area (Å²) in [4.78, 5) is 4.53. The molecule has 2 bridgehead atoms. The van der Waals surface area contributed by atoms with Gasteiger partial charge in [-0.15, -0.1) is 0 Å². The minimum Gasteiger partial charge on any atom is -0.312 e. The smallest absolute Gasteiger partial charge is 0.0746 e. The second-order valence-electron chi connectivity index (χ2n) is 6.56. The Hall–Kier alpha value is -1.41. The number of aromatic nitrogens is 1. The summed E-state index contributed by atoms with van der Waals surface area (Å²) in [5.74, 6) is 2.99. The molecule has 3 atom stereocenters. The third kappa shape index (κ3) is 2.22. The highest BCUT2D eigenvalue weighted by atomic mass is 14.9. The highest BCUT2D eigenvalue weighted by molar-refractivity contribution is 5.81. The SMILES string of the molecule is c1cnc2c(CNCC3CC4CCC3C4)cccc2c1. The molecule has 1 aromatic carbocycles. The van der Waals surface area contributed by atoms with Crippen LogP contribution in [0.4, 0.5) is 0 Å². The summed E-state index contributed by atoms with van der Waals surface area (Å²) in [6.45, 7) is 2.13. The molecule has 0 saturated heterocycles. The van der Waals surface area contributed by atoms with Gasteiger partial charge in [-0.2, -0.15) is 0 Å². The predicted molar refractivity (Wildman–Crippen MR) is 82.4 cm³/mol. The molecule has 1 heterocycles. The number of fused-ring (bicyclic) bond motifs is 3. The lowest BCUT2D eigenvalue weighted by Gasteiger charge is -2.22. The minimum atomic E-state index is 0.927. The molecule has 2 aliphatic carbocycles. The van der Waals surface area contributed by atoms with Crippen LogP contribution in [0.3, 0.4) is 0 Å². The van der Waals surface area contributed by atoms with Crippen LogP contribution >= 0.6 is 0 Å². The lowest BCUT2D eigenvalue weighted by atomic mass is 9.89. The molecular weight excluding hydrogens is 244 g/mol. The van der Waals surface area contributed by atoms with Crippen molar-refractivity contribution in [3.05, 3.63) is 42.1 Å². The lowest BCUT2D eigenvalue weighted by Crippen LogP contribution is -2.26. The topological polar surface area (TPSA) is 24.9 Å². The Morgan fingerprint density at radius 2 is 2.05 bits per heavy atom. The number of benzene rings is 1. The summed E-state index contributed by atoms with van der Waals surface area (Å²) in [5.41, 5.74) is 2.47. The summed E-state index contributed by atoms with van der Waals surface area (Å²) in [6, 6.07) is 10.6. The van der Waals surface area contributed by atoms with E-state index in [1.54, 1.807) is 0 Å². The molecule has 1 aromatic heterocycles. The molecule has 4 rings (SSSR count). The van der Waals surface area contributed by atoms with E-state index >= 15 is 0 Å². The summed E-state index contributed by atoms with van der Waals surface area (Å²) >= 11 is 0. The quantitative estimate of drug-likeness (QED) is 0.911. The Balaban J connectivity index is 1.41. The van der Waals surface area contributed by atoms with Crippen LogP contribution in [-0.4, -0.2) is 11.5 Å². The standard InChI is InChI=1S/C18H22N2/c1-3-14-5-2-8-20-18(14)16(4-1)11-19-12-17-10-13-6-7-15(17)9-13/h1-5,8,13,15,17,19H,6-7,9-12H2. The number of hydrogen-bond acceptors (Lipinski definition) is 2. The molecule has 2 saturated carbocycles. The molecular formula is C18H22N2. The summed E-state index contributed by atoms with van der Waals surface area (Å²) in [5, 5.41) is 4.92. The van der Waals surface area contributed by atoms with Crippen LogP contribution in [0.15, 0.2) is 36.5 Å². The Kier molecular flexibility index (Phi) is 3.19. The fourth-order valence-corrected chi connectivity index (χ4v) is 4.33. The molecule has 2 aromatic rings. The zero-order valence-electron chi connectivity index (χ0n) is 11.9. The third-order valence-electron chi connectivity index (χ3n) is 5.32. The molecule has 104 valence electrons. The Morgan fingerprint density at radius 3 is 2.90 bits per heavy atom. The van der Waals surface area contributed by atoms with Crippen LogP contribution < -0.4 is 5.32 Å². The van der Waals surface area contributed by atoms with Crippen molar-refractivity contribution in [1.82, 2.24) is 10.3 Å². The third-order valence-corrected chi connectivity index (χ3v) is 5.32. The number of rotatable bonds is 4. The monoisotopic (exact) mass is 266 g/mol. The number of pyridine rings is 1. The number of nitrogens with zero attached hydrogens (tertiary/aromatic N) is 1. The predicted octanol–water partition coefficient (Wildman–Crippen LogP) is 3.76. The first kappa shape index (κ1) is 12.3. The van der Waals surface area contributed by atoms with Gasteiger partial charge in [0.05, 0.1) is 5.52 Å². The van der Waals surface area contributed by atoms with Gasteiger partial charge in [-0.05, 0) is 55.2 Å². The molecule has 2 nitrogen and oxygen atoms in total. The van der Waals surface area contributed by atoms with E-state index in [1.165, 1.54) is 43.2 Å². The molecule has 3 unspecified atom stereocenters. The van der Waals surface area contributed by atoms with Crippen molar-refractivity contribution in [2.24, 2.45) is 17.8 Å². The molecule has 0 spiro atoms. The first-order valence-corrected chi connectivity index (χ1v) is 7.93. The summed E-state index contributed by atoms with van der Waals surface area (Å²) in [7, 11) is 0. The number of hydrogen-bond donors (Lipinski definition) is 1. The highest BCUT2D eigenvalue weighted by Gasteiger charge is 2.38. The van der Waals surface area contributed by atoms with E-state index in [0.717, 1.165) is 29.8 Å². The van der Waals surface area contributed by atoms with Gasteiger partial charge >= 0.3 is 0 Å². The van der Waals surface area contributed by atoms with E-state index in [0.29, 0.717) is 0 Å². The molecule has 0 radical (unpaired) electrons. The minimum absolute atomic E-state index is 0.927. The van der Waals surface area contributed by atoms with Crippen LogP contribution in [0.25, 0.3) is 10.9 Å². The van der Waals surface area contributed by atoms with Gasteiger partial charge in [0.15, 0.2) is 0 Å². The maximum atomic E-state index is 4.53. The van der Waals surface area contributed by atoms with Crippen molar-refractivity contribution in [2.45, 2.75) is 32.2 Å². The fourth-order valence-electron chi connectivity index (χ4n) is 4.33. The van der Waals surface area contributed by atoms with Crippen LogP contribution in [-0.2, 0) is 6.54 Å². The van der Waals surface area contributed by atoms with Gasteiger partial charge in [-0.25, -0.2) is 0 Å². The van der Waals surface area contributed by atoms with Gasteiger partial charge in [0.2, 0.25) is 0 Å². The van der Waals surface area contributed by atoms with E-state index in [1.807, 2.05) is 12.3 Å². The van der Waals surface area contributed by atoms with E-state index in [9.17, 15) is 0 Å². The van der Waals surface area contributed by atoms with Gasteiger partial charge in [-0.1, -0.05) is 30.7 Å². The molecule has 2 fully saturated rings. The average molecular weight is 266 g/mol. The van der Waals surface area contributed by atoms with Crippen molar-refractivity contribution >= 4 is 10.9 Å². The normalized spacial score (nSPS) is 28.3. The van der Waals surface area contributed by atoms with Gasteiger partial charge in [0.1, 0.15) is 0 Å². The molecule has 0 aliphatic heterocycles. The van der Waals surface area contributed by atoms with Crippen molar-refractivity contribution < 1.29 is 0 Å². The van der Waals surface area contributed by atoms with Crippen molar-refractivity contribution in [3.63, 3.8) is 0 Å². The van der Waals surface area contributed by atoms with E-state index in [2.05, 4.69) is 34.6 Å². The first-order chi connectivity index (χ1) is 9.90. The van der Waals surface area contributed by atoms with Crippen LogP contribution in [0.5, 0.6) is 0 Å². The molecule has 2 aliphatic rings. The zero-order valence-corrected chi connectivity index (χ0v) is 11.9. The van der Waals surface area contributed by atoms with Gasteiger partial charge in [0, 0.05) is 18.1 Å². The molecule has 2 heteroatoms. The molecule has 20 heavy (non-hydrogen) atoms. The second-order valence-corrected chi connectivity index (χ2v) is 6.56. The van der Waals surface area contributed by atoms with Crippen molar-refractivity contribution in [1.29, 1.82) is 0 Å². The average Bonchev–Trinajstić information content (AvgIpc) is 3.10. The summed E-state index contributed by atoms with van der Waals surface area (Å²) < 4.78 is 0. The fraction of sp³-hybridized carbons (Fsp3) is 0.500. The second kappa shape index (κ2) is 5.17. The van der Waals surface area contributed by atoms with Gasteiger partial charge in [-0.3, -0.25) is 4.98 Å². The largest absolute Gasteiger partial charge is 0.312 e. The van der Waals surface area contributed by atoms with E-state index in [-0.39, 0.29) is 0 Å². The number of para-hydroxylation sites is 1. The Bertz CT molecular complexity index is 602. The first-order valence-electron chi connectivity index (χ1n) is 7.93. The lowest BCUT2D eigenvalue weighted by molar-refractivity contribution is 0.318. The van der Waals surface area contributed by atoms with Crippen molar-refractivity contribution in [2.75, 3.05) is 6.54 Å². The van der Waals surface area contributed by atoms with Crippen molar-refractivity contribution in [3.8, 4) is 0 Å². The zero-order chi connectivity index (χ0) is 13.4. The molecule has 0 amide bonds. The summed E-state index contributed by atoms with van der Waals surface area (Å²) in [6.07, 6.45) is 7.83.